The molecule has 2 aromatic rings. The third-order valence-electron chi connectivity index (χ3n) is 3.51. The highest BCUT2D eigenvalue weighted by atomic mass is 31.1. The summed E-state index contributed by atoms with van der Waals surface area (Å²) < 4.78 is 0. The number of hydrogen-bond donors (Lipinski definition) is 0. The Hall–Kier alpha value is -1.13. The zero-order valence-electron chi connectivity index (χ0n) is 9.19. The third-order valence-corrected chi connectivity index (χ3v) is 5.21. The lowest BCUT2D eigenvalue weighted by Gasteiger charge is -2.43. The summed E-state index contributed by atoms with van der Waals surface area (Å²) in [7, 11) is 1.12. The van der Waals surface area contributed by atoms with Gasteiger partial charge in [0.15, 0.2) is 0 Å². The first-order valence-corrected chi connectivity index (χ1v) is 7.15. The molecule has 3 rings (SSSR count). The molecule has 16 heavy (non-hydrogen) atoms. The van der Waals surface area contributed by atoms with Crippen molar-refractivity contribution in [2.24, 2.45) is 0 Å². The van der Waals surface area contributed by atoms with Crippen LogP contribution in [0.3, 0.4) is 0 Å². The highest BCUT2D eigenvalue weighted by Crippen LogP contribution is 2.49. The lowest BCUT2D eigenvalue weighted by atomic mass is 9.77. The summed E-state index contributed by atoms with van der Waals surface area (Å²) in [5, 5.41) is 0. The fourth-order valence-electron chi connectivity index (χ4n) is 2.46. The predicted octanol–water partition coefficient (Wildman–Crippen LogP) is 3.66. The Morgan fingerprint density at radius 3 is 1.44 bits per heavy atom. The van der Waals surface area contributed by atoms with Crippen LogP contribution in [0, 0.1) is 0 Å². The molecule has 1 aliphatic heterocycles. The van der Waals surface area contributed by atoms with Crippen LogP contribution in [0.15, 0.2) is 60.7 Å². The quantitative estimate of drug-likeness (QED) is 0.685. The van der Waals surface area contributed by atoms with E-state index in [9.17, 15) is 0 Å². The maximum Gasteiger partial charge on any atom is 0.0276 e. The van der Waals surface area contributed by atoms with E-state index in [2.05, 4.69) is 60.7 Å². The molecule has 0 saturated carbocycles. The van der Waals surface area contributed by atoms with Gasteiger partial charge in [0.1, 0.15) is 0 Å². The maximum atomic E-state index is 2.27. The average Bonchev–Trinajstić information content (AvgIpc) is 2.31. The van der Waals surface area contributed by atoms with E-state index in [4.69, 9.17) is 0 Å². The monoisotopic (exact) mass is 226 g/mol. The van der Waals surface area contributed by atoms with E-state index in [-0.39, 0.29) is 0 Å². The molecule has 1 saturated heterocycles. The Bertz CT molecular complexity index is 416. The van der Waals surface area contributed by atoms with Crippen molar-refractivity contribution in [3.63, 3.8) is 0 Å². The topological polar surface area (TPSA) is 0 Å². The lowest BCUT2D eigenvalue weighted by molar-refractivity contribution is 0.621. The fourth-order valence-corrected chi connectivity index (χ4v) is 4.03. The number of benzene rings is 2. The first-order valence-electron chi connectivity index (χ1n) is 5.74. The van der Waals surface area contributed by atoms with Gasteiger partial charge >= 0.3 is 0 Å². The summed E-state index contributed by atoms with van der Waals surface area (Å²) in [4.78, 5) is 0. The van der Waals surface area contributed by atoms with Crippen molar-refractivity contribution >= 4 is 8.58 Å². The van der Waals surface area contributed by atoms with Crippen LogP contribution >= 0.6 is 8.58 Å². The molecular weight excluding hydrogens is 211 g/mol. The highest BCUT2D eigenvalue weighted by Gasteiger charge is 2.39. The Morgan fingerprint density at radius 2 is 1.12 bits per heavy atom. The van der Waals surface area contributed by atoms with Crippen molar-refractivity contribution in [1.82, 2.24) is 0 Å². The molecule has 80 valence electrons. The molecule has 2 aromatic carbocycles. The van der Waals surface area contributed by atoms with Crippen molar-refractivity contribution in [2.45, 2.75) is 5.41 Å². The summed E-state index contributed by atoms with van der Waals surface area (Å²) in [6.07, 6.45) is 2.64. The van der Waals surface area contributed by atoms with Crippen molar-refractivity contribution in [2.75, 3.05) is 12.3 Å². The molecule has 0 atom stereocenters. The van der Waals surface area contributed by atoms with Gasteiger partial charge < -0.3 is 0 Å². The van der Waals surface area contributed by atoms with Gasteiger partial charge in [0.05, 0.1) is 0 Å². The lowest BCUT2D eigenvalue weighted by Crippen LogP contribution is -2.40. The van der Waals surface area contributed by atoms with E-state index in [0.717, 1.165) is 8.58 Å². The zero-order valence-corrected chi connectivity index (χ0v) is 10.2. The second-order valence-electron chi connectivity index (χ2n) is 4.42. The Morgan fingerprint density at radius 1 is 0.688 bits per heavy atom. The van der Waals surface area contributed by atoms with Crippen LogP contribution in [0.1, 0.15) is 11.1 Å². The molecule has 0 N–H and O–H groups in total. The molecule has 0 bridgehead atoms. The minimum Gasteiger partial charge on any atom is -0.120 e. The fraction of sp³-hybridized carbons (Fsp3) is 0.200. The van der Waals surface area contributed by atoms with Gasteiger partial charge in [-0.25, -0.2) is 0 Å². The molecule has 1 heteroatoms. The third kappa shape index (κ3) is 1.49. The molecule has 0 amide bonds. The van der Waals surface area contributed by atoms with Crippen LogP contribution < -0.4 is 0 Å². The van der Waals surface area contributed by atoms with Crippen molar-refractivity contribution in [3.8, 4) is 0 Å². The Kier molecular flexibility index (Phi) is 2.53. The standard InChI is InChI=1S/C15H15P/c1-3-7-13(8-4-1)15(11-16-12-15)14-9-5-2-6-10-14/h1-10,16H,11-12H2. The van der Waals surface area contributed by atoms with E-state index in [1.54, 1.807) is 0 Å². The van der Waals surface area contributed by atoms with Gasteiger partial charge in [-0.1, -0.05) is 60.7 Å². The van der Waals surface area contributed by atoms with Crippen LogP contribution in [0.5, 0.6) is 0 Å². The largest absolute Gasteiger partial charge is 0.120 e. The normalized spacial score (nSPS) is 17.8. The van der Waals surface area contributed by atoms with E-state index in [1.807, 2.05) is 0 Å². The summed E-state index contributed by atoms with van der Waals surface area (Å²) in [5.74, 6) is 0. The van der Waals surface area contributed by atoms with Gasteiger partial charge in [-0.15, -0.1) is 8.58 Å². The second kappa shape index (κ2) is 4.03. The first-order chi connectivity index (χ1) is 7.92. The highest BCUT2D eigenvalue weighted by molar-refractivity contribution is 7.40. The number of hydrogen-bond acceptors (Lipinski definition) is 0. The van der Waals surface area contributed by atoms with Crippen LogP contribution in [0.25, 0.3) is 0 Å². The van der Waals surface area contributed by atoms with E-state index in [1.165, 1.54) is 23.5 Å². The van der Waals surface area contributed by atoms with Gasteiger partial charge in [-0.3, -0.25) is 0 Å². The van der Waals surface area contributed by atoms with E-state index in [0.29, 0.717) is 5.41 Å². The van der Waals surface area contributed by atoms with Gasteiger partial charge in [-0.05, 0) is 23.5 Å². The van der Waals surface area contributed by atoms with Crippen molar-refractivity contribution in [1.29, 1.82) is 0 Å². The molecule has 0 nitrogen and oxygen atoms in total. The van der Waals surface area contributed by atoms with Gasteiger partial charge in [0.25, 0.3) is 0 Å². The molecule has 1 fully saturated rings. The molecule has 0 spiro atoms. The predicted molar refractivity (Wildman–Crippen MR) is 71.7 cm³/mol. The van der Waals surface area contributed by atoms with Gasteiger partial charge in [-0.2, -0.15) is 0 Å². The summed E-state index contributed by atoms with van der Waals surface area (Å²) in [6, 6.07) is 21.9. The average molecular weight is 226 g/mol. The number of rotatable bonds is 2. The Balaban J connectivity index is 2.08. The second-order valence-corrected chi connectivity index (χ2v) is 5.62. The van der Waals surface area contributed by atoms with E-state index < -0.39 is 0 Å². The zero-order chi connectivity index (χ0) is 10.8. The minimum absolute atomic E-state index is 0.320. The van der Waals surface area contributed by atoms with Crippen LogP contribution in [0.2, 0.25) is 0 Å². The molecule has 0 aromatic heterocycles. The minimum atomic E-state index is 0.320. The van der Waals surface area contributed by atoms with Crippen molar-refractivity contribution in [3.05, 3.63) is 71.8 Å². The van der Waals surface area contributed by atoms with E-state index >= 15 is 0 Å². The molecule has 1 aliphatic rings. The smallest absolute Gasteiger partial charge is 0.0276 e. The molecule has 0 radical (unpaired) electrons. The molecule has 0 aliphatic carbocycles. The van der Waals surface area contributed by atoms with Gasteiger partial charge in [0.2, 0.25) is 0 Å². The molecular formula is C15H15P. The summed E-state index contributed by atoms with van der Waals surface area (Å²) >= 11 is 0. The molecule has 1 heterocycles. The van der Waals surface area contributed by atoms with Crippen LogP contribution in [-0.2, 0) is 5.41 Å². The molecule has 0 unspecified atom stereocenters. The van der Waals surface area contributed by atoms with Gasteiger partial charge in [0, 0.05) is 5.41 Å². The summed E-state index contributed by atoms with van der Waals surface area (Å²) in [6.45, 7) is 0. The van der Waals surface area contributed by atoms with Crippen molar-refractivity contribution < 1.29 is 0 Å². The summed E-state index contributed by atoms with van der Waals surface area (Å²) in [5.41, 5.74) is 3.29. The van der Waals surface area contributed by atoms with Crippen LogP contribution in [-0.4, -0.2) is 12.3 Å². The first kappa shape index (κ1) is 10.1. The SMILES string of the molecule is c1ccc(C2(c3ccccc3)CPC2)cc1. The maximum absolute atomic E-state index is 2.27. The Labute approximate surface area is 98.5 Å². The van der Waals surface area contributed by atoms with Crippen LogP contribution in [0.4, 0.5) is 0 Å².